The SMILES string of the molecule is COc1cccc(C2/C(=C(\O)c3cc(C)cc(C)c3OC)C(=O)C(=O)N2Cc2cccnc2)c1. The number of aromatic nitrogens is 1. The fourth-order valence-corrected chi connectivity index (χ4v) is 4.44. The molecule has 2 heterocycles. The Morgan fingerprint density at radius 2 is 1.85 bits per heavy atom. The smallest absolute Gasteiger partial charge is 0.295 e. The van der Waals surface area contributed by atoms with Gasteiger partial charge in [-0.1, -0.05) is 24.3 Å². The van der Waals surface area contributed by atoms with Crippen LogP contribution >= 0.6 is 0 Å². The molecule has 0 bridgehead atoms. The van der Waals surface area contributed by atoms with E-state index in [2.05, 4.69) is 4.98 Å². The number of ether oxygens (including phenoxy) is 2. The van der Waals surface area contributed by atoms with Gasteiger partial charge in [0.1, 0.15) is 17.3 Å². The largest absolute Gasteiger partial charge is 0.507 e. The second-order valence-electron chi connectivity index (χ2n) is 8.23. The molecule has 7 nitrogen and oxygen atoms in total. The summed E-state index contributed by atoms with van der Waals surface area (Å²) in [6.45, 7) is 3.91. The first-order valence-electron chi connectivity index (χ1n) is 10.8. The number of benzene rings is 2. The van der Waals surface area contributed by atoms with Crippen LogP contribution in [-0.2, 0) is 16.1 Å². The molecule has 1 atom stereocenters. The van der Waals surface area contributed by atoms with Crippen molar-refractivity contribution >= 4 is 17.4 Å². The second-order valence-corrected chi connectivity index (χ2v) is 8.23. The van der Waals surface area contributed by atoms with Gasteiger partial charge in [-0.2, -0.15) is 0 Å². The number of amides is 1. The monoisotopic (exact) mass is 458 g/mol. The van der Waals surface area contributed by atoms with E-state index in [1.54, 1.807) is 55.9 Å². The van der Waals surface area contributed by atoms with Gasteiger partial charge < -0.3 is 19.5 Å². The second kappa shape index (κ2) is 9.39. The Kier molecular flexibility index (Phi) is 6.36. The van der Waals surface area contributed by atoms with Gasteiger partial charge in [-0.05, 0) is 60.4 Å². The number of aryl methyl sites for hydroxylation is 2. The lowest BCUT2D eigenvalue weighted by Crippen LogP contribution is -2.29. The van der Waals surface area contributed by atoms with E-state index >= 15 is 0 Å². The van der Waals surface area contributed by atoms with E-state index in [-0.39, 0.29) is 17.9 Å². The molecule has 2 aromatic carbocycles. The van der Waals surface area contributed by atoms with Gasteiger partial charge in [0.05, 0.1) is 31.4 Å². The maximum absolute atomic E-state index is 13.3. The Hall–Kier alpha value is -4.13. The molecule has 1 aliphatic heterocycles. The Morgan fingerprint density at radius 1 is 1.06 bits per heavy atom. The van der Waals surface area contributed by atoms with E-state index in [1.807, 2.05) is 26.0 Å². The van der Waals surface area contributed by atoms with Crippen LogP contribution < -0.4 is 9.47 Å². The zero-order chi connectivity index (χ0) is 24.4. The van der Waals surface area contributed by atoms with Crippen molar-refractivity contribution in [1.29, 1.82) is 0 Å². The van der Waals surface area contributed by atoms with Crippen LogP contribution in [0, 0.1) is 13.8 Å². The quantitative estimate of drug-likeness (QED) is 0.336. The lowest BCUT2D eigenvalue weighted by molar-refractivity contribution is -0.140. The normalized spacial score (nSPS) is 17.2. The maximum Gasteiger partial charge on any atom is 0.295 e. The average molecular weight is 459 g/mol. The molecule has 3 aromatic rings. The number of hydrogen-bond acceptors (Lipinski definition) is 6. The average Bonchev–Trinajstić information content (AvgIpc) is 3.08. The van der Waals surface area contributed by atoms with Crippen molar-refractivity contribution in [3.63, 3.8) is 0 Å². The fourth-order valence-electron chi connectivity index (χ4n) is 4.44. The van der Waals surface area contributed by atoms with E-state index in [0.717, 1.165) is 16.7 Å². The Balaban J connectivity index is 1.94. The molecule has 1 saturated heterocycles. The third-order valence-corrected chi connectivity index (χ3v) is 5.90. The molecule has 7 heteroatoms. The highest BCUT2D eigenvalue weighted by Gasteiger charge is 2.46. The van der Waals surface area contributed by atoms with Gasteiger partial charge in [0.15, 0.2) is 0 Å². The Morgan fingerprint density at radius 3 is 2.53 bits per heavy atom. The number of likely N-dealkylation sites (tertiary alicyclic amines) is 1. The van der Waals surface area contributed by atoms with Crippen LogP contribution in [0.25, 0.3) is 5.76 Å². The standard InChI is InChI=1S/C27H26N2O5/c1-16-11-17(2)26(34-4)21(12-16)24(30)22-23(19-8-5-9-20(13-19)33-3)29(27(32)25(22)31)15-18-7-6-10-28-14-18/h5-14,23,30H,15H2,1-4H3/b24-22+. The van der Waals surface area contributed by atoms with Gasteiger partial charge in [-0.25, -0.2) is 0 Å². The van der Waals surface area contributed by atoms with Crippen molar-refractivity contribution in [3.05, 3.63) is 94.3 Å². The molecule has 174 valence electrons. The number of pyridine rings is 1. The molecular weight excluding hydrogens is 432 g/mol. The van der Waals surface area contributed by atoms with Gasteiger partial charge >= 0.3 is 0 Å². The minimum atomic E-state index is -0.819. The van der Waals surface area contributed by atoms with Crippen molar-refractivity contribution in [2.75, 3.05) is 14.2 Å². The topological polar surface area (TPSA) is 89.0 Å². The lowest BCUT2D eigenvalue weighted by atomic mass is 9.93. The number of methoxy groups -OCH3 is 2. The third kappa shape index (κ3) is 4.12. The number of aliphatic hydroxyl groups is 1. The van der Waals surface area contributed by atoms with Crippen LogP contribution in [0.15, 0.2) is 66.5 Å². The zero-order valence-corrected chi connectivity index (χ0v) is 19.5. The van der Waals surface area contributed by atoms with Gasteiger partial charge in [-0.15, -0.1) is 0 Å². The van der Waals surface area contributed by atoms with Crippen molar-refractivity contribution in [2.45, 2.75) is 26.4 Å². The highest BCUT2D eigenvalue weighted by Crippen LogP contribution is 2.43. The molecule has 0 radical (unpaired) electrons. The number of aliphatic hydroxyl groups excluding tert-OH is 1. The number of carbonyl (C=O) groups is 2. The van der Waals surface area contributed by atoms with Gasteiger partial charge in [0, 0.05) is 18.9 Å². The summed E-state index contributed by atoms with van der Waals surface area (Å²) in [5, 5.41) is 11.5. The van der Waals surface area contributed by atoms with Crippen molar-refractivity contribution in [2.24, 2.45) is 0 Å². The number of rotatable bonds is 6. The van der Waals surface area contributed by atoms with Crippen molar-refractivity contribution in [1.82, 2.24) is 9.88 Å². The molecule has 4 rings (SSSR count). The highest BCUT2D eigenvalue weighted by atomic mass is 16.5. The number of Topliss-reactive ketones (excluding diaryl/α,β-unsaturated/α-hetero) is 1. The molecule has 1 N–H and O–H groups in total. The molecule has 0 spiro atoms. The summed E-state index contributed by atoms with van der Waals surface area (Å²) in [7, 11) is 3.06. The van der Waals surface area contributed by atoms with Crippen LogP contribution in [0.3, 0.4) is 0 Å². The lowest BCUT2D eigenvalue weighted by Gasteiger charge is -2.26. The van der Waals surface area contributed by atoms with Crippen LogP contribution in [-0.4, -0.2) is 40.9 Å². The molecule has 1 aliphatic rings. The van der Waals surface area contributed by atoms with E-state index in [4.69, 9.17) is 9.47 Å². The predicted octanol–water partition coefficient (Wildman–Crippen LogP) is 4.34. The summed E-state index contributed by atoms with van der Waals surface area (Å²) >= 11 is 0. The molecule has 0 aliphatic carbocycles. The van der Waals surface area contributed by atoms with E-state index in [9.17, 15) is 14.7 Å². The molecule has 1 aromatic heterocycles. The summed E-state index contributed by atoms with van der Waals surface area (Å²) in [6.07, 6.45) is 3.29. The summed E-state index contributed by atoms with van der Waals surface area (Å²) in [5.41, 5.74) is 3.49. The summed E-state index contributed by atoms with van der Waals surface area (Å²) in [4.78, 5) is 32.1. The Bertz CT molecular complexity index is 1280. The van der Waals surface area contributed by atoms with E-state index in [0.29, 0.717) is 22.6 Å². The molecule has 34 heavy (non-hydrogen) atoms. The van der Waals surface area contributed by atoms with Gasteiger partial charge in [0.25, 0.3) is 11.7 Å². The van der Waals surface area contributed by atoms with Gasteiger partial charge in [0.2, 0.25) is 0 Å². The van der Waals surface area contributed by atoms with Crippen LogP contribution in [0.2, 0.25) is 0 Å². The van der Waals surface area contributed by atoms with Crippen LogP contribution in [0.4, 0.5) is 0 Å². The highest BCUT2D eigenvalue weighted by molar-refractivity contribution is 6.46. The number of ketones is 1. The first-order valence-corrected chi connectivity index (χ1v) is 10.8. The summed E-state index contributed by atoms with van der Waals surface area (Å²) in [6, 6.07) is 13.6. The third-order valence-electron chi connectivity index (χ3n) is 5.90. The van der Waals surface area contributed by atoms with Gasteiger partial charge in [-0.3, -0.25) is 14.6 Å². The summed E-state index contributed by atoms with van der Waals surface area (Å²) < 4.78 is 10.9. The number of nitrogens with zero attached hydrogens (tertiary/aromatic N) is 2. The first kappa shape index (κ1) is 23.0. The fraction of sp³-hybridized carbons (Fsp3) is 0.222. The van der Waals surface area contributed by atoms with E-state index in [1.165, 1.54) is 12.0 Å². The molecular formula is C27H26N2O5. The van der Waals surface area contributed by atoms with Crippen LogP contribution in [0.1, 0.15) is 33.9 Å². The summed E-state index contributed by atoms with van der Waals surface area (Å²) in [5.74, 6) is -0.695. The minimum Gasteiger partial charge on any atom is -0.507 e. The van der Waals surface area contributed by atoms with Crippen molar-refractivity contribution in [3.8, 4) is 11.5 Å². The molecule has 0 saturated carbocycles. The molecule has 1 unspecified atom stereocenters. The van der Waals surface area contributed by atoms with E-state index < -0.39 is 17.7 Å². The molecule has 1 amide bonds. The predicted molar refractivity (Wildman–Crippen MR) is 128 cm³/mol. The van der Waals surface area contributed by atoms with Crippen LogP contribution in [0.5, 0.6) is 11.5 Å². The maximum atomic E-state index is 13.3. The minimum absolute atomic E-state index is 0.00504. The zero-order valence-electron chi connectivity index (χ0n) is 19.5. The first-order chi connectivity index (χ1) is 16.3. The number of carbonyl (C=O) groups excluding carboxylic acids is 2. The number of hydrogen-bond donors (Lipinski definition) is 1. The molecule has 1 fully saturated rings. The Labute approximate surface area is 198 Å². The van der Waals surface area contributed by atoms with Crippen molar-refractivity contribution < 1.29 is 24.2 Å².